The van der Waals surface area contributed by atoms with Crippen LogP contribution in [0.1, 0.15) is 0 Å². The second-order valence-corrected chi connectivity index (χ2v) is 9.56. The molecule has 5 nitrogen and oxygen atoms in total. The quantitative estimate of drug-likeness (QED) is 0.243. The molecule has 0 spiro atoms. The van der Waals surface area contributed by atoms with E-state index in [0.29, 0.717) is 17.5 Å². The van der Waals surface area contributed by atoms with Crippen molar-refractivity contribution in [3.8, 4) is 34.2 Å². The van der Waals surface area contributed by atoms with Gasteiger partial charge in [-0.3, -0.25) is 4.98 Å². The molecular formula is C34H20N4O. The molecule has 8 rings (SSSR count). The Morgan fingerprint density at radius 2 is 1.26 bits per heavy atom. The van der Waals surface area contributed by atoms with Crippen LogP contribution in [0.25, 0.3) is 77.8 Å². The lowest BCUT2D eigenvalue weighted by atomic mass is 10.0. The first kappa shape index (κ1) is 21.6. The van der Waals surface area contributed by atoms with E-state index in [9.17, 15) is 0 Å². The molecule has 3 aromatic heterocycles. The first-order valence-corrected chi connectivity index (χ1v) is 12.8. The Morgan fingerprint density at radius 3 is 2.15 bits per heavy atom. The topological polar surface area (TPSA) is 64.7 Å². The molecule has 0 amide bonds. The van der Waals surface area contributed by atoms with Crippen LogP contribution in [0.3, 0.4) is 0 Å². The van der Waals surface area contributed by atoms with Crippen LogP contribution in [-0.4, -0.2) is 19.9 Å². The van der Waals surface area contributed by atoms with E-state index >= 15 is 0 Å². The number of nitrogens with zero attached hydrogens (tertiary/aromatic N) is 4. The van der Waals surface area contributed by atoms with Crippen LogP contribution in [0, 0.1) is 0 Å². The zero-order valence-corrected chi connectivity index (χ0v) is 20.7. The average Bonchev–Trinajstić information content (AvgIpc) is 3.37. The Kier molecular flexibility index (Phi) is 4.76. The van der Waals surface area contributed by atoms with Gasteiger partial charge in [0.05, 0.1) is 5.52 Å². The molecule has 39 heavy (non-hydrogen) atoms. The fourth-order valence-electron chi connectivity index (χ4n) is 5.25. The molecule has 182 valence electrons. The molecule has 0 fully saturated rings. The smallest absolute Gasteiger partial charge is 0.164 e. The molecule has 0 aliphatic carbocycles. The minimum atomic E-state index is 0.599. The molecule has 5 aromatic carbocycles. The Bertz CT molecular complexity index is 2180. The highest BCUT2D eigenvalue weighted by molar-refractivity contribution is 6.14. The van der Waals surface area contributed by atoms with Crippen LogP contribution in [0.4, 0.5) is 0 Å². The number of hydrogen-bond donors (Lipinski definition) is 0. The molecule has 0 saturated heterocycles. The maximum absolute atomic E-state index is 6.30. The summed E-state index contributed by atoms with van der Waals surface area (Å²) in [5.74, 6) is 1.85. The normalized spacial score (nSPS) is 11.6. The molecule has 0 N–H and O–H groups in total. The van der Waals surface area contributed by atoms with E-state index < -0.39 is 0 Å². The Morgan fingerprint density at radius 1 is 0.487 bits per heavy atom. The van der Waals surface area contributed by atoms with Gasteiger partial charge >= 0.3 is 0 Å². The lowest BCUT2D eigenvalue weighted by molar-refractivity contribution is 0.669. The number of rotatable bonds is 3. The van der Waals surface area contributed by atoms with Gasteiger partial charge in [-0.05, 0) is 41.1 Å². The van der Waals surface area contributed by atoms with Crippen LogP contribution in [0.5, 0.6) is 0 Å². The SMILES string of the molecule is c1ccc(-c2nc(-c3ccc4ccccc4c3)nc(-c3cccc4oc5cc6cccnc6cc5c34)n2)cc1. The Labute approximate surface area is 223 Å². The van der Waals surface area contributed by atoms with Gasteiger partial charge in [0.1, 0.15) is 11.2 Å². The van der Waals surface area contributed by atoms with Crippen molar-refractivity contribution in [3.05, 3.63) is 121 Å². The van der Waals surface area contributed by atoms with E-state index in [-0.39, 0.29) is 0 Å². The van der Waals surface area contributed by atoms with Gasteiger partial charge in [0, 0.05) is 39.0 Å². The van der Waals surface area contributed by atoms with Crippen molar-refractivity contribution in [1.29, 1.82) is 0 Å². The summed E-state index contributed by atoms with van der Waals surface area (Å²) in [5, 5.41) is 5.31. The summed E-state index contributed by atoms with van der Waals surface area (Å²) < 4.78 is 6.30. The molecule has 8 aromatic rings. The van der Waals surface area contributed by atoms with Gasteiger partial charge in [-0.1, -0.05) is 84.9 Å². The molecule has 5 heteroatoms. The van der Waals surface area contributed by atoms with Gasteiger partial charge in [0.15, 0.2) is 17.5 Å². The third-order valence-electron chi connectivity index (χ3n) is 7.14. The van der Waals surface area contributed by atoms with E-state index in [0.717, 1.165) is 54.9 Å². The predicted octanol–water partition coefficient (Wildman–Crippen LogP) is 8.47. The van der Waals surface area contributed by atoms with Gasteiger partial charge in [-0.15, -0.1) is 0 Å². The molecule has 0 unspecified atom stereocenters. The van der Waals surface area contributed by atoms with Crippen molar-refractivity contribution < 1.29 is 4.42 Å². The number of benzene rings is 5. The monoisotopic (exact) mass is 500 g/mol. The van der Waals surface area contributed by atoms with Crippen molar-refractivity contribution in [2.45, 2.75) is 0 Å². The number of fused-ring (bicyclic) bond motifs is 5. The van der Waals surface area contributed by atoms with E-state index in [1.165, 1.54) is 5.39 Å². The number of furan rings is 1. The zero-order chi connectivity index (χ0) is 25.8. The second-order valence-electron chi connectivity index (χ2n) is 9.56. The van der Waals surface area contributed by atoms with E-state index in [1.54, 1.807) is 0 Å². The summed E-state index contributed by atoms with van der Waals surface area (Å²) in [6.45, 7) is 0. The molecular weight excluding hydrogens is 480 g/mol. The molecule has 0 aliphatic heterocycles. The highest BCUT2D eigenvalue weighted by Gasteiger charge is 2.18. The molecule has 0 saturated carbocycles. The van der Waals surface area contributed by atoms with Gasteiger partial charge < -0.3 is 4.42 Å². The summed E-state index contributed by atoms with van der Waals surface area (Å²) in [6, 6.07) is 38.8. The third-order valence-corrected chi connectivity index (χ3v) is 7.14. The second kappa shape index (κ2) is 8.57. The van der Waals surface area contributed by atoms with E-state index in [2.05, 4.69) is 41.4 Å². The third kappa shape index (κ3) is 3.63. The fourth-order valence-corrected chi connectivity index (χ4v) is 5.25. The summed E-state index contributed by atoms with van der Waals surface area (Å²) in [4.78, 5) is 19.5. The first-order valence-electron chi connectivity index (χ1n) is 12.8. The molecule has 0 aliphatic rings. The lowest BCUT2D eigenvalue weighted by Gasteiger charge is -2.10. The molecule has 0 bridgehead atoms. The first-order chi connectivity index (χ1) is 19.3. The van der Waals surface area contributed by atoms with Crippen molar-refractivity contribution >= 4 is 43.6 Å². The standard InChI is InChI=1S/C34H20N4O/c1-2-9-22(10-3-1)32-36-33(25-16-15-21-8-4-5-11-23(21)18-25)38-34(37-32)26-13-6-14-29-31(26)27-20-28-24(12-7-17-35-28)19-30(27)39-29/h1-20H. The van der Waals surface area contributed by atoms with E-state index in [4.69, 9.17) is 19.4 Å². The number of aromatic nitrogens is 4. The summed E-state index contributed by atoms with van der Waals surface area (Å²) in [5.41, 5.74) is 5.27. The predicted molar refractivity (Wildman–Crippen MR) is 156 cm³/mol. The summed E-state index contributed by atoms with van der Waals surface area (Å²) in [6.07, 6.45) is 1.81. The van der Waals surface area contributed by atoms with Gasteiger partial charge in [-0.2, -0.15) is 0 Å². The van der Waals surface area contributed by atoms with Crippen molar-refractivity contribution in [3.63, 3.8) is 0 Å². The molecule has 0 atom stereocenters. The average molecular weight is 501 g/mol. The largest absolute Gasteiger partial charge is 0.456 e. The Balaban J connectivity index is 1.41. The summed E-state index contributed by atoms with van der Waals surface area (Å²) in [7, 11) is 0. The van der Waals surface area contributed by atoms with Crippen LogP contribution in [-0.2, 0) is 0 Å². The van der Waals surface area contributed by atoms with E-state index in [1.807, 2.05) is 85.1 Å². The van der Waals surface area contributed by atoms with Gasteiger partial charge in [-0.25, -0.2) is 15.0 Å². The van der Waals surface area contributed by atoms with Crippen molar-refractivity contribution in [1.82, 2.24) is 19.9 Å². The van der Waals surface area contributed by atoms with Crippen LogP contribution in [0.2, 0.25) is 0 Å². The van der Waals surface area contributed by atoms with Crippen LogP contribution >= 0.6 is 0 Å². The molecule has 3 heterocycles. The minimum Gasteiger partial charge on any atom is -0.456 e. The van der Waals surface area contributed by atoms with Gasteiger partial charge in [0.2, 0.25) is 0 Å². The van der Waals surface area contributed by atoms with Crippen molar-refractivity contribution in [2.24, 2.45) is 0 Å². The summed E-state index contributed by atoms with van der Waals surface area (Å²) >= 11 is 0. The molecule has 0 radical (unpaired) electrons. The Hall–Kier alpha value is -5.42. The van der Waals surface area contributed by atoms with Crippen LogP contribution < -0.4 is 0 Å². The number of pyridine rings is 1. The van der Waals surface area contributed by atoms with Gasteiger partial charge in [0.25, 0.3) is 0 Å². The lowest BCUT2D eigenvalue weighted by Crippen LogP contribution is -2.00. The fraction of sp³-hybridized carbons (Fsp3) is 0. The van der Waals surface area contributed by atoms with Crippen molar-refractivity contribution in [2.75, 3.05) is 0 Å². The highest BCUT2D eigenvalue weighted by Crippen LogP contribution is 2.38. The maximum atomic E-state index is 6.30. The minimum absolute atomic E-state index is 0.599. The maximum Gasteiger partial charge on any atom is 0.164 e. The van der Waals surface area contributed by atoms with Crippen LogP contribution in [0.15, 0.2) is 126 Å². The number of hydrogen-bond acceptors (Lipinski definition) is 5. The zero-order valence-electron chi connectivity index (χ0n) is 20.7. The highest BCUT2D eigenvalue weighted by atomic mass is 16.3.